The molecule has 0 aliphatic carbocycles. The van der Waals surface area contributed by atoms with Crippen LogP contribution in [0.3, 0.4) is 0 Å². The van der Waals surface area contributed by atoms with Gasteiger partial charge in [0.15, 0.2) is 4.34 Å². The summed E-state index contributed by atoms with van der Waals surface area (Å²) >= 11 is 3.31. The minimum absolute atomic E-state index is 0.968. The van der Waals surface area contributed by atoms with Crippen molar-refractivity contribution in [3.8, 4) is 0 Å². The maximum atomic E-state index is 3.96. The largest absolute Gasteiger partial charge is 0.174 e. The second-order valence-electron chi connectivity index (χ2n) is 2.48. The minimum atomic E-state index is 0.968. The van der Waals surface area contributed by atoms with Gasteiger partial charge in [-0.3, -0.25) is 0 Å². The standard InChI is InChI=1S/C9H8N2S2/c1-2-4-8(5-3-1)6-12-9-11-10-7-13-9/h1-5,7H,6H2. The fourth-order valence-electron chi connectivity index (χ4n) is 0.945. The van der Waals surface area contributed by atoms with Crippen LogP contribution in [0.1, 0.15) is 5.56 Å². The highest BCUT2D eigenvalue weighted by Gasteiger charge is 1.97. The van der Waals surface area contributed by atoms with E-state index in [0.717, 1.165) is 10.1 Å². The molecule has 0 bridgehead atoms. The molecule has 2 rings (SSSR count). The summed E-state index contributed by atoms with van der Waals surface area (Å²) in [6.07, 6.45) is 0. The van der Waals surface area contributed by atoms with Crippen molar-refractivity contribution >= 4 is 23.1 Å². The van der Waals surface area contributed by atoms with Crippen LogP contribution in [0.15, 0.2) is 40.2 Å². The second kappa shape index (κ2) is 4.39. The van der Waals surface area contributed by atoms with Crippen molar-refractivity contribution in [2.75, 3.05) is 0 Å². The molecule has 0 saturated carbocycles. The number of benzene rings is 1. The molecule has 0 unspecified atom stereocenters. The van der Waals surface area contributed by atoms with Crippen molar-refractivity contribution in [3.63, 3.8) is 0 Å². The molecule has 66 valence electrons. The molecule has 1 aromatic carbocycles. The van der Waals surface area contributed by atoms with Crippen LogP contribution in [0.25, 0.3) is 0 Å². The normalized spacial score (nSPS) is 10.2. The van der Waals surface area contributed by atoms with E-state index in [4.69, 9.17) is 0 Å². The number of aromatic nitrogens is 2. The number of nitrogens with zero attached hydrogens (tertiary/aromatic N) is 2. The molecule has 13 heavy (non-hydrogen) atoms. The molecule has 2 aromatic rings. The summed E-state index contributed by atoms with van der Waals surface area (Å²) in [6.45, 7) is 0. The van der Waals surface area contributed by atoms with Gasteiger partial charge in [0.2, 0.25) is 0 Å². The zero-order valence-corrected chi connectivity index (χ0v) is 8.52. The van der Waals surface area contributed by atoms with Gasteiger partial charge in [0.1, 0.15) is 5.51 Å². The van der Waals surface area contributed by atoms with E-state index < -0.39 is 0 Å². The highest BCUT2D eigenvalue weighted by molar-refractivity contribution is 8.00. The molecule has 0 spiro atoms. The summed E-state index contributed by atoms with van der Waals surface area (Å²) in [5.41, 5.74) is 3.08. The van der Waals surface area contributed by atoms with Gasteiger partial charge in [-0.2, -0.15) is 0 Å². The first kappa shape index (κ1) is 8.72. The van der Waals surface area contributed by atoms with Gasteiger partial charge in [0.25, 0.3) is 0 Å². The van der Waals surface area contributed by atoms with Crippen LogP contribution >= 0.6 is 23.1 Å². The molecular weight excluding hydrogens is 200 g/mol. The Hall–Kier alpha value is -0.870. The molecule has 0 N–H and O–H groups in total. The lowest BCUT2D eigenvalue weighted by atomic mass is 10.2. The van der Waals surface area contributed by atoms with Crippen molar-refractivity contribution in [3.05, 3.63) is 41.4 Å². The highest BCUT2D eigenvalue weighted by atomic mass is 32.2. The van der Waals surface area contributed by atoms with E-state index in [-0.39, 0.29) is 0 Å². The third-order valence-corrected chi connectivity index (χ3v) is 3.48. The summed E-state index contributed by atoms with van der Waals surface area (Å²) < 4.78 is 1.03. The molecule has 0 aliphatic rings. The summed E-state index contributed by atoms with van der Waals surface area (Å²) in [4.78, 5) is 0. The first-order chi connectivity index (χ1) is 6.45. The molecule has 0 radical (unpaired) electrons. The van der Waals surface area contributed by atoms with Crippen LogP contribution in [-0.2, 0) is 5.75 Å². The van der Waals surface area contributed by atoms with E-state index in [2.05, 4.69) is 34.5 Å². The lowest BCUT2D eigenvalue weighted by Crippen LogP contribution is -1.78. The Balaban J connectivity index is 1.94. The quantitative estimate of drug-likeness (QED) is 0.725. The monoisotopic (exact) mass is 208 g/mol. The van der Waals surface area contributed by atoms with Gasteiger partial charge in [0.05, 0.1) is 0 Å². The predicted octanol–water partition coefficient (Wildman–Crippen LogP) is 2.83. The fourth-order valence-corrected chi connectivity index (χ4v) is 2.39. The average Bonchev–Trinajstić information content (AvgIpc) is 2.69. The van der Waals surface area contributed by atoms with E-state index in [1.807, 2.05) is 6.07 Å². The second-order valence-corrected chi connectivity index (χ2v) is 4.53. The van der Waals surface area contributed by atoms with E-state index in [9.17, 15) is 0 Å². The van der Waals surface area contributed by atoms with Crippen LogP contribution in [0.5, 0.6) is 0 Å². The summed E-state index contributed by atoms with van der Waals surface area (Å²) in [7, 11) is 0. The first-order valence-electron chi connectivity index (χ1n) is 3.88. The molecule has 0 fully saturated rings. The summed E-state index contributed by atoms with van der Waals surface area (Å²) in [6, 6.07) is 10.4. The Bertz CT molecular complexity index is 345. The van der Waals surface area contributed by atoms with Gasteiger partial charge in [-0.05, 0) is 5.56 Å². The third kappa shape index (κ3) is 2.54. The maximum Gasteiger partial charge on any atom is 0.174 e. The van der Waals surface area contributed by atoms with Gasteiger partial charge in [-0.25, -0.2) is 0 Å². The van der Waals surface area contributed by atoms with Crippen LogP contribution in [0.2, 0.25) is 0 Å². The lowest BCUT2D eigenvalue weighted by Gasteiger charge is -1.96. The molecule has 0 atom stereocenters. The maximum absolute atomic E-state index is 3.96. The van der Waals surface area contributed by atoms with E-state index in [1.54, 1.807) is 28.6 Å². The van der Waals surface area contributed by atoms with Gasteiger partial charge in [-0.15, -0.1) is 10.2 Å². The van der Waals surface area contributed by atoms with Crippen molar-refractivity contribution in [2.24, 2.45) is 0 Å². The van der Waals surface area contributed by atoms with Crippen molar-refractivity contribution in [2.45, 2.75) is 10.1 Å². The highest BCUT2D eigenvalue weighted by Crippen LogP contribution is 2.23. The summed E-state index contributed by atoms with van der Waals surface area (Å²) in [5.74, 6) is 0.968. The fraction of sp³-hybridized carbons (Fsp3) is 0.111. The van der Waals surface area contributed by atoms with Crippen molar-refractivity contribution < 1.29 is 0 Å². The molecule has 1 aromatic heterocycles. The zero-order valence-electron chi connectivity index (χ0n) is 6.88. The van der Waals surface area contributed by atoms with E-state index in [1.165, 1.54) is 5.56 Å². The van der Waals surface area contributed by atoms with Gasteiger partial charge in [-0.1, -0.05) is 53.4 Å². The van der Waals surface area contributed by atoms with Gasteiger partial charge < -0.3 is 0 Å². The van der Waals surface area contributed by atoms with E-state index in [0.29, 0.717) is 0 Å². The molecule has 0 saturated heterocycles. The topological polar surface area (TPSA) is 25.8 Å². The molecule has 4 heteroatoms. The molecule has 0 amide bonds. The average molecular weight is 208 g/mol. The Kier molecular flexibility index (Phi) is 2.94. The number of thioether (sulfide) groups is 1. The summed E-state index contributed by atoms with van der Waals surface area (Å²) in [5, 5.41) is 7.74. The van der Waals surface area contributed by atoms with Gasteiger partial charge in [0, 0.05) is 5.75 Å². The predicted molar refractivity (Wildman–Crippen MR) is 55.9 cm³/mol. The van der Waals surface area contributed by atoms with Crippen LogP contribution in [0, 0.1) is 0 Å². The molecule has 1 heterocycles. The van der Waals surface area contributed by atoms with Crippen LogP contribution in [-0.4, -0.2) is 10.2 Å². The Morgan fingerprint density at radius 1 is 1.23 bits per heavy atom. The van der Waals surface area contributed by atoms with Gasteiger partial charge >= 0.3 is 0 Å². The molecule has 0 aliphatic heterocycles. The molecule has 2 nitrogen and oxygen atoms in total. The Morgan fingerprint density at radius 2 is 2.08 bits per heavy atom. The molecular formula is C9H8N2S2. The number of rotatable bonds is 3. The smallest absolute Gasteiger partial charge is 0.146 e. The van der Waals surface area contributed by atoms with Crippen molar-refractivity contribution in [1.82, 2.24) is 10.2 Å². The third-order valence-electron chi connectivity index (χ3n) is 1.55. The first-order valence-corrected chi connectivity index (χ1v) is 5.74. The minimum Gasteiger partial charge on any atom is -0.146 e. The SMILES string of the molecule is c1ccc(CSc2nncs2)cc1. The lowest BCUT2D eigenvalue weighted by molar-refractivity contribution is 1.01. The Morgan fingerprint density at radius 3 is 2.77 bits per heavy atom. The number of hydrogen-bond acceptors (Lipinski definition) is 4. The van der Waals surface area contributed by atoms with E-state index >= 15 is 0 Å². The zero-order chi connectivity index (χ0) is 8.93. The van der Waals surface area contributed by atoms with Crippen LogP contribution < -0.4 is 0 Å². The Labute approximate surface area is 85.0 Å². The van der Waals surface area contributed by atoms with Crippen LogP contribution in [0.4, 0.5) is 0 Å². The van der Waals surface area contributed by atoms with Crippen molar-refractivity contribution in [1.29, 1.82) is 0 Å². The number of hydrogen-bond donors (Lipinski definition) is 0.